The lowest BCUT2D eigenvalue weighted by molar-refractivity contribution is 0.569. The van der Waals surface area contributed by atoms with Gasteiger partial charge in [0.05, 0.1) is 6.57 Å². The fourth-order valence-electron chi connectivity index (χ4n) is 7.70. The summed E-state index contributed by atoms with van der Waals surface area (Å²) in [5.41, 5.74) is 16.7. The van der Waals surface area contributed by atoms with Gasteiger partial charge >= 0.3 is 0 Å². The highest BCUT2D eigenvalue weighted by Gasteiger charge is 2.23. The van der Waals surface area contributed by atoms with Crippen LogP contribution in [0.5, 0.6) is 0 Å². The molecule has 0 aromatic heterocycles. The molecule has 3 nitrogen and oxygen atoms in total. The Hall–Kier alpha value is -7.41. The lowest BCUT2D eigenvalue weighted by Crippen LogP contribution is -2.19. The van der Waals surface area contributed by atoms with Crippen molar-refractivity contribution in [1.29, 1.82) is 0 Å². The number of para-hydroxylation sites is 2. The van der Waals surface area contributed by atoms with Crippen molar-refractivity contribution >= 4 is 52.0 Å². The van der Waals surface area contributed by atoms with Gasteiger partial charge in [0, 0.05) is 34.1 Å². The third-order valence-corrected chi connectivity index (χ3v) is 11.4. The quantitative estimate of drug-likeness (QED) is 0.101. The van der Waals surface area contributed by atoms with Gasteiger partial charge in [-0.25, -0.2) is 4.85 Å². The first-order chi connectivity index (χ1) is 29.9. The Balaban J connectivity index is 0.980. The second-order valence-corrected chi connectivity index (χ2v) is 17.9. The molecule has 0 unspecified atom stereocenters. The largest absolute Gasteiger partial charge is 0.311 e. The van der Waals surface area contributed by atoms with E-state index in [0.717, 1.165) is 56.4 Å². The van der Waals surface area contributed by atoms with Crippen LogP contribution in [0.15, 0.2) is 200 Å². The molecule has 304 valence electrons. The molecule has 0 spiro atoms. The van der Waals surface area contributed by atoms with E-state index in [2.05, 4.69) is 244 Å². The topological polar surface area (TPSA) is 10.8 Å². The summed E-state index contributed by atoms with van der Waals surface area (Å²) in [5, 5.41) is 0. The second-order valence-electron chi connectivity index (χ2n) is 17.9. The van der Waals surface area contributed by atoms with Crippen LogP contribution >= 0.6 is 0 Å². The number of anilines is 6. The highest BCUT2D eigenvalue weighted by Crippen LogP contribution is 2.41. The van der Waals surface area contributed by atoms with Crippen LogP contribution in [0.4, 0.5) is 39.8 Å². The van der Waals surface area contributed by atoms with Gasteiger partial charge in [-0.1, -0.05) is 181 Å². The van der Waals surface area contributed by atoms with Crippen LogP contribution in [-0.4, -0.2) is 0 Å². The van der Waals surface area contributed by atoms with E-state index >= 15 is 0 Å². The number of rotatable bonds is 10. The minimum atomic E-state index is -0.0186. The van der Waals surface area contributed by atoms with Gasteiger partial charge in [0.2, 0.25) is 0 Å². The Bertz CT molecular complexity index is 2730. The maximum Gasteiger partial charge on any atom is 0.187 e. The van der Waals surface area contributed by atoms with Crippen LogP contribution in [0, 0.1) is 6.57 Å². The SMILES string of the molecule is [C-]#[N+]c1ccc(N(c2ccc(-c3ccc(/C=C/c4ccc(-c5ccc(N(c6ccccc6)c6ccccc6)cc5)cc4)cc3)cc2)c2cc(C(C)(C)C)cc(C(C)(C)C)c2)cc1. The van der Waals surface area contributed by atoms with E-state index in [1.165, 1.54) is 22.3 Å². The zero-order valence-electron chi connectivity index (χ0n) is 36.5. The summed E-state index contributed by atoms with van der Waals surface area (Å²) in [7, 11) is 0. The van der Waals surface area contributed by atoms with Crippen molar-refractivity contribution in [3.05, 3.63) is 234 Å². The zero-order valence-corrected chi connectivity index (χ0v) is 36.5. The van der Waals surface area contributed by atoms with Gasteiger partial charge in [-0.05, 0) is 128 Å². The standard InChI is InChI=1S/C59H53N3/c1-58(2,3)49-40-50(59(4,5)6)42-57(41-49)62(56-38-32-51(60-7)33-39-56)55-36-30-48(31-37-55)46-26-22-44(23-27-46)19-18-43-20-24-45(25-21-43)47-28-34-54(35-29-47)61(52-14-10-8-11-15-52)53-16-12-9-13-17-53/h8-42H,1-6H3/b19-18+. The van der Waals surface area contributed by atoms with Crippen LogP contribution in [0.25, 0.3) is 39.3 Å². The average molecular weight is 804 g/mol. The third kappa shape index (κ3) is 9.47. The summed E-state index contributed by atoms with van der Waals surface area (Å²) in [5.74, 6) is 0. The monoisotopic (exact) mass is 803 g/mol. The summed E-state index contributed by atoms with van der Waals surface area (Å²) < 4.78 is 0. The minimum absolute atomic E-state index is 0.0186. The predicted octanol–water partition coefficient (Wildman–Crippen LogP) is 17.3. The van der Waals surface area contributed by atoms with E-state index in [0.29, 0.717) is 5.69 Å². The molecule has 8 aromatic carbocycles. The maximum absolute atomic E-state index is 7.52. The fraction of sp³-hybridized carbons (Fsp3) is 0.136. The van der Waals surface area contributed by atoms with Crippen molar-refractivity contribution in [2.75, 3.05) is 9.80 Å². The summed E-state index contributed by atoms with van der Waals surface area (Å²) >= 11 is 0. The third-order valence-electron chi connectivity index (χ3n) is 11.4. The zero-order chi connectivity index (χ0) is 43.3. The molecule has 8 aromatic rings. The fourth-order valence-corrected chi connectivity index (χ4v) is 7.70. The number of hydrogen-bond acceptors (Lipinski definition) is 2. The molecule has 0 saturated heterocycles. The summed E-state index contributed by atoms with van der Waals surface area (Å²) in [6.07, 6.45) is 4.35. The van der Waals surface area contributed by atoms with Crippen molar-refractivity contribution in [3.8, 4) is 22.3 Å². The number of hydrogen-bond donors (Lipinski definition) is 0. The highest BCUT2D eigenvalue weighted by molar-refractivity contribution is 5.81. The van der Waals surface area contributed by atoms with Crippen molar-refractivity contribution in [1.82, 2.24) is 0 Å². The molecular weight excluding hydrogens is 751 g/mol. The average Bonchev–Trinajstić information content (AvgIpc) is 3.30. The summed E-state index contributed by atoms with van der Waals surface area (Å²) in [4.78, 5) is 8.24. The normalized spacial score (nSPS) is 11.6. The van der Waals surface area contributed by atoms with Gasteiger partial charge < -0.3 is 9.80 Å². The van der Waals surface area contributed by atoms with Crippen molar-refractivity contribution in [2.45, 2.75) is 52.4 Å². The molecule has 0 atom stereocenters. The molecule has 0 radical (unpaired) electrons. The van der Waals surface area contributed by atoms with Crippen molar-refractivity contribution < 1.29 is 0 Å². The van der Waals surface area contributed by atoms with Crippen LogP contribution in [0.2, 0.25) is 0 Å². The molecule has 0 heterocycles. The van der Waals surface area contributed by atoms with Gasteiger partial charge in [-0.15, -0.1) is 0 Å². The Morgan fingerprint density at radius 3 is 1.00 bits per heavy atom. The summed E-state index contributed by atoms with van der Waals surface area (Å²) in [6, 6.07) is 71.0. The molecule has 0 aliphatic rings. The lowest BCUT2D eigenvalue weighted by atomic mass is 9.80. The first-order valence-corrected chi connectivity index (χ1v) is 21.4. The van der Waals surface area contributed by atoms with Gasteiger partial charge in [-0.3, -0.25) is 0 Å². The molecule has 0 aliphatic carbocycles. The first kappa shape index (κ1) is 41.3. The molecule has 3 heteroatoms. The van der Waals surface area contributed by atoms with E-state index in [1.807, 2.05) is 24.3 Å². The van der Waals surface area contributed by atoms with Crippen LogP contribution in [0.3, 0.4) is 0 Å². The van der Waals surface area contributed by atoms with Crippen LogP contribution < -0.4 is 9.80 Å². The number of nitrogens with zero attached hydrogens (tertiary/aromatic N) is 3. The van der Waals surface area contributed by atoms with Crippen LogP contribution in [-0.2, 0) is 10.8 Å². The van der Waals surface area contributed by atoms with E-state index < -0.39 is 0 Å². The Morgan fingerprint density at radius 2 is 0.661 bits per heavy atom. The molecule has 0 N–H and O–H groups in total. The minimum Gasteiger partial charge on any atom is -0.311 e. The maximum atomic E-state index is 7.52. The number of benzene rings is 8. The van der Waals surface area contributed by atoms with E-state index in [4.69, 9.17) is 6.57 Å². The van der Waals surface area contributed by atoms with Crippen molar-refractivity contribution in [3.63, 3.8) is 0 Å². The molecule has 62 heavy (non-hydrogen) atoms. The molecule has 0 bridgehead atoms. The molecule has 0 amide bonds. The second kappa shape index (κ2) is 17.7. The first-order valence-electron chi connectivity index (χ1n) is 21.4. The predicted molar refractivity (Wildman–Crippen MR) is 266 cm³/mol. The lowest BCUT2D eigenvalue weighted by Gasteiger charge is -2.31. The summed E-state index contributed by atoms with van der Waals surface area (Å²) in [6.45, 7) is 21.1. The molecule has 0 saturated carbocycles. The molecular formula is C59H53N3. The van der Waals surface area contributed by atoms with Gasteiger partial charge in [0.15, 0.2) is 5.69 Å². The van der Waals surface area contributed by atoms with Crippen LogP contribution in [0.1, 0.15) is 63.8 Å². The van der Waals surface area contributed by atoms with Gasteiger partial charge in [0.25, 0.3) is 0 Å². The van der Waals surface area contributed by atoms with Gasteiger partial charge in [-0.2, -0.15) is 0 Å². The van der Waals surface area contributed by atoms with E-state index in [1.54, 1.807) is 0 Å². The van der Waals surface area contributed by atoms with E-state index in [-0.39, 0.29) is 10.8 Å². The Morgan fingerprint density at radius 1 is 0.355 bits per heavy atom. The highest BCUT2D eigenvalue weighted by atomic mass is 15.1. The Kier molecular flexibility index (Phi) is 11.8. The smallest absolute Gasteiger partial charge is 0.187 e. The molecule has 0 aliphatic heterocycles. The van der Waals surface area contributed by atoms with Crippen molar-refractivity contribution in [2.24, 2.45) is 0 Å². The molecule has 0 fully saturated rings. The molecule has 8 rings (SSSR count). The van der Waals surface area contributed by atoms with E-state index in [9.17, 15) is 0 Å². The Labute approximate surface area is 368 Å². The van der Waals surface area contributed by atoms with Gasteiger partial charge in [0.1, 0.15) is 0 Å².